The summed E-state index contributed by atoms with van der Waals surface area (Å²) in [7, 11) is 0. The number of hydrogen-bond acceptors (Lipinski definition) is 7. The van der Waals surface area contributed by atoms with Gasteiger partial charge in [0, 0.05) is 13.0 Å². The third-order valence-corrected chi connectivity index (χ3v) is 5.46. The molecule has 0 saturated carbocycles. The van der Waals surface area contributed by atoms with Crippen LogP contribution in [0.3, 0.4) is 0 Å². The standard InChI is InChI=1S/C19H15N7OS/c20-17-15-18(22-10-21-17)25(11-23-15)8-6-14-24-13-7-9-28-16(13)19(27)26(14)12-4-2-1-3-5-12/h1-5,7,9-11H,6,8H2,(H2,20,21,22). The minimum Gasteiger partial charge on any atom is -0.382 e. The summed E-state index contributed by atoms with van der Waals surface area (Å²) in [6.07, 6.45) is 3.64. The lowest BCUT2D eigenvalue weighted by atomic mass is 10.2. The Hall–Kier alpha value is -3.59. The van der Waals surface area contributed by atoms with E-state index in [1.54, 1.807) is 10.9 Å². The number of anilines is 1. The first-order chi connectivity index (χ1) is 13.7. The molecule has 5 rings (SSSR count). The average molecular weight is 389 g/mol. The number of thiophene rings is 1. The van der Waals surface area contributed by atoms with Crippen LogP contribution in [-0.2, 0) is 13.0 Å². The smallest absolute Gasteiger partial charge is 0.276 e. The molecule has 28 heavy (non-hydrogen) atoms. The van der Waals surface area contributed by atoms with Crippen molar-refractivity contribution in [3.63, 3.8) is 0 Å². The molecule has 0 bridgehead atoms. The Morgan fingerprint density at radius 3 is 2.79 bits per heavy atom. The van der Waals surface area contributed by atoms with Crippen molar-refractivity contribution in [2.45, 2.75) is 13.0 Å². The van der Waals surface area contributed by atoms with Gasteiger partial charge in [0.2, 0.25) is 0 Å². The molecule has 138 valence electrons. The molecule has 1 aromatic carbocycles. The van der Waals surface area contributed by atoms with Crippen LogP contribution in [0.2, 0.25) is 0 Å². The van der Waals surface area contributed by atoms with E-state index in [-0.39, 0.29) is 5.56 Å². The number of imidazole rings is 1. The Bertz CT molecular complexity index is 1350. The van der Waals surface area contributed by atoms with Gasteiger partial charge in [-0.2, -0.15) is 0 Å². The largest absolute Gasteiger partial charge is 0.382 e. The number of benzene rings is 1. The highest BCUT2D eigenvalue weighted by atomic mass is 32.1. The van der Waals surface area contributed by atoms with E-state index in [4.69, 9.17) is 10.7 Å². The first-order valence-electron chi connectivity index (χ1n) is 8.68. The highest BCUT2D eigenvalue weighted by Gasteiger charge is 2.15. The number of rotatable bonds is 4. The summed E-state index contributed by atoms with van der Waals surface area (Å²) in [5.41, 5.74) is 8.57. The molecule has 4 aromatic heterocycles. The second-order valence-electron chi connectivity index (χ2n) is 6.26. The molecule has 0 radical (unpaired) electrons. The lowest BCUT2D eigenvalue weighted by Crippen LogP contribution is -2.24. The number of fused-ring (bicyclic) bond motifs is 2. The van der Waals surface area contributed by atoms with Crippen molar-refractivity contribution in [2.75, 3.05) is 5.73 Å². The number of aryl methyl sites for hydroxylation is 2. The van der Waals surface area contributed by atoms with Crippen LogP contribution in [0, 0.1) is 0 Å². The van der Waals surface area contributed by atoms with Gasteiger partial charge in [-0.05, 0) is 23.6 Å². The topological polar surface area (TPSA) is 105 Å². The van der Waals surface area contributed by atoms with Crippen LogP contribution in [0.1, 0.15) is 5.82 Å². The van der Waals surface area contributed by atoms with E-state index in [1.807, 2.05) is 46.3 Å². The molecule has 0 atom stereocenters. The molecule has 8 nitrogen and oxygen atoms in total. The molecule has 0 aliphatic rings. The molecular weight excluding hydrogens is 374 g/mol. The molecule has 0 amide bonds. The van der Waals surface area contributed by atoms with E-state index in [1.165, 1.54) is 17.7 Å². The SMILES string of the molecule is Nc1ncnc2c1ncn2CCc1nc2ccsc2c(=O)n1-c1ccccc1. The maximum absolute atomic E-state index is 13.1. The number of nitrogens with zero attached hydrogens (tertiary/aromatic N) is 6. The fourth-order valence-corrected chi connectivity index (χ4v) is 4.01. The molecule has 0 unspecified atom stereocenters. The second-order valence-corrected chi connectivity index (χ2v) is 7.17. The molecule has 0 aliphatic carbocycles. The van der Waals surface area contributed by atoms with Gasteiger partial charge >= 0.3 is 0 Å². The Balaban J connectivity index is 1.60. The quantitative estimate of drug-likeness (QED) is 0.506. The first-order valence-corrected chi connectivity index (χ1v) is 9.56. The summed E-state index contributed by atoms with van der Waals surface area (Å²) in [5, 5.41) is 1.89. The molecule has 9 heteroatoms. The van der Waals surface area contributed by atoms with Crippen LogP contribution in [0.5, 0.6) is 0 Å². The van der Waals surface area contributed by atoms with Crippen molar-refractivity contribution in [1.29, 1.82) is 0 Å². The van der Waals surface area contributed by atoms with Gasteiger partial charge in [-0.25, -0.2) is 19.9 Å². The minimum absolute atomic E-state index is 0.0525. The maximum Gasteiger partial charge on any atom is 0.276 e. The zero-order chi connectivity index (χ0) is 19.1. The summed E-state index contributed by atoms with van der Waals surface area (Å²) < 4.78 is 4.23. The van der Waals surface area contributed by atoms with E-state index in [9.17, 15) is 4.79 Å². The molecule has 0 spiro atoms. The van der Waals surface area contributed by atoms with Crippen LogP contribution in [0.25, 0.3) is 27.1 Å². The molecule has 0 fully saturated rings. The first kappa shape index (κ1) is 16.6. The summed E-state index contributed by atoms with van der Waals surface area (Å²) in [5.74, 6) is 1.04. The van der Waals surface area contributed by atoms with E-state index in [0.29, 0.717) is 40.5 Å². The van der Waals surface area contributed by atoms with Crippen LogP contribution in [0.15, 0.2) is 59.2 Å². The van der Waals surface area contributed by atoms with E-state index in [0.717, 1.165) is 11.2 Å². The van der Waals surface area contributed by atoms with Crippen molar-refractivity contribution in [3.8, 4) is 5.69 Å². The Morgan fingerprint density at radius 2 is 1.93 bits per heavy atom. The van der Waals surface area contributed by atoms with Gasteiger partial charge in [0.1, 0.15) is 22.4 Å². The second kappa shape index (κ2) is 6.54. The van der Waals surface area contributed by atoms with Crippen molar-refractivity contribution < 1.29 is 0 Å². The van der Waals surface area contributed by atoms with Crippen LogP contribution >= 0.6 is 11.3 Å². The van der Waals surface area contributed by atoms with Crippen LogP contribution < -0.4 is 11.3 Å². The maximum atomic E-state index is 13.1. The molecule has 5 aromatic rings. The molecule has 0 saturated heterocycles. The number of nitrogens with two attached hydrogens (primary N) is 1. The van der Waals surface area contributed by atoms with Gasteiger partial charge in [-0.15, -0.1) is 11.3 Å². The summed E-state index contributed by atoms with van der Waals surface area (Å²) >= 11 is 1.41. The lowest BCUT2D eigenvalue weighted by molar-refractivity contribution is 0.664. The third-order valence-electron chi connectivity index (χ3n) is 4.57. The van der Waals surface area contributed by atoms with Gasteiger partial charge < -0.3 is 10.3 Å². The van der Waals surface area contributed by atoms with E-state index in [2.05, 4.69) is 15.0 Å². The Labute approximate surface area is 163 Å². The molecule has 4 heterocycles. The summed E-state index contributed by atoms with van der Waals surface area (Å²) in [6, 6.07) is 11.4. The molecule has 0 aliphatic heterocycles. The van der Waals surface area contributed by atoms with Crippen molar-refractivity contribution in [1.82, 2.24) is 29.1 Å². The fraction of sp³-hybridized carbons (Fsp3) is 0.105. The molecule has 2 N–H and O–H groups in total. The predicted molar refractivity (Wildman–Crippen MR) is 109 cm³/mol. The van der Waals surface area contributed by atoms with Gasteiger partial charge in [0.15, 0.2) is 11.5 Å². The summed E-state index contributed by atoms with van der Waals surface area (Å²) in [4.78, 5) is 30.4. The zero-order valence-electron chi connectivity index (χ0n) is 14.7. The normalized spacial score (nSPS) is 11.4. The third kappa shape index (κ3) is 2.64. The van der Waals surface area contributed by atoms with Gasteiger partial charge in [0.25, 0.3) is 5.56 Å². The lowest BCUT2D eigenvalue weighted by Gasteiger charge is -2.13. The predicted octanol–water partition coefficient (Wildman–Crippen LogP) is 2.41. The highest BCUT2D eigenvalue weighted by Crippen LogP contribution is 2.19. The van der Waals surface area contributed by atoms with Crippen LogP contribution in [-0.4, -0.2) is 29.1 Å². The average Bonchev–Trinajstić information content (AvgIpc) is 3.35. The number of aromatic nitrogens is 6. The van der Waals surface area contributed by atoms with Crippen molar-refractivity contribution >= 4 is 38.5 Å². The van der Waals surface area contributed by atoms with E-state index >= 15 is 0 Å². The number of para-hydroxylation sites is 1. The van der Waals surface area contributed by atoms with Gasteiger partial charge in [-0.1, -0.05) is 18.2 Å². The van der Waals surface area contributed by atoms with Crippen molar-refractivity contribution in [2.24, 2.45) is 0 Å². The summed E-state index contributed by atoms with van der Waals surface area (Å²) in [6.45, 7) is 0.557. The minimum atomic E-state index is -0.0525. The van der Waals surface area contributed by atoms with Gasteiger partial charge in [0.05, 0.1) is 17.5 Å². The monoisotopic (exact) mass is 389 g/mol. The van der Waals surface area contributed by atoms with Crippen LogP contribution in [0.4, 0.5) is 5.82 Å². The Kier molecular flexibility index (Phi) is 3.87. The van der Waals surface area contributed by atoms with Gasteiger partial charge in [-0.3, -0.25) is 9.36 Å². The molecular formula is C19H15N7OS. The Morgan fingerprint density at radius 1 is 1.07 bits per heavy atom. The zero-order valence-corrected chi connectivity index (χ0v) is 15.5. The van der Waals surface area contributed by atoms with E-state index < -0.39 is 0 Å². The number of nitrogen functional groups attached to an aromatic ring is 1. The fourth-order valence-electron chi connectivity index (χ4n) is 3.25. The number of hydrogen-bond donors (Lipinski definition) is 1. The highest BCUT2D eigenvalue weighted by molar-refractivity contribution is 7.17. The van der Waals surface area contributed by atoms with Crippen molar-refractivity contribution in [3.05, 3.63) is 70.6 Å².